The molecule has 9 heteroatoms. The van der Waals surface area contributed by atoms with E-state index in [0.29, 0.717) is 0 Å². The number of carboxylic acid groups (broad SMARTS) is 1. The van der Waals surface area contributed by atoms with Crippen molar-refractivity contribution in [3.05, 3.63) is 47.3 Å². The number of amides is 1. The quantitative estimate of drug-likeness (QED) is 0.846. The molecule has 1 aromatic carbocycles. The largest absolute Gasteiger partial charge is 0.476 e. The van der Waals surface area contributed by atoms with Gasteiger partial charge in [-0.25, -0.2) is 18.3 Å². The zero-order valence-electron chi connectivity index (χ0n) is 10.6. The summed E-state index contributed by atoms with van der Waals surface area (Å²) in [6.07, 6.45) is 1.21. The number of hydrogen-bond acceptors (Lipinski definition) is 4. The van der Waals surface area contributed by atoms with Crippen LogP contribution in [0.15, 0.2) is 24.4 Å². The van der Waals surface area contributed by atoms with Gasteiger partial charge in [0, 0.05) is 12.1 Å². The highest BCUT2D eigenvalue weighted by Gasteiger charge is 2.10. The molecule has 21 heavy (non-hydrogen) atoms. The molecule has 0 aliphatic rings. The Kier molecular flexibility index (Phi) is 4.21. The van der Waals surface area contributed by atoms with E-state index < -0.39 is 23.5 Å². The summed E-state index contributed by atoms with van der Waals surface area (Å²) in [6.45, 7) is 0.315. The maximum Gasteiger partial charge on any atom is 0.358 e. The second kappa shape index (κ2) is 6.07. The molecule has 2 rings (SSSR count). The van der Waals surface area contributed by atoms with E-state index in [2.05, 4.69) is 15.6 Å². The number of rotatable bonds is 5. The van der Waals surface area contributed by atoms with Crippen molar-refractivity contribution in [2.45, 2.75) is 6.54 Å². The minimum Gasteiger partial charge on any atom is -0.476 e. The Morgan fingerprint density at radius 2 is 2.05 bits per heavy atom. The third-order valence-electron chi connectivity index (χ3n) is 2.57. The molecule has 0 unspecified atom stereocenters. The molecule has 2 N–H and O–H groups in total. The number of carboxylic acids is 1. The van der Waals surface area contributed by atoms with Gasteiger partial charge in [-0.1, -0.05) is 5.21 Å². The molecule has 1 aromatic heterocycles. The predicted molar refractivity (Wildman–Crippen MR) is 65.7 cm³/mol. The van der Waals surface area contributed by atoms with Crippen molar-refractivity contribution in [1.29, 1.82) is 0 Å². The number of hydrogen-bond donors (Lipinski definition) is 2. The number of nitrogens with one attached hydrogen (secondary N) is 1. The molecule has 0 atom stereocenters. The number of aromatic carboxylic acids is 1. The van der Waals surface area contributed by atoms with Crippen molar-refractivity contribution >= 4 is 11.9 Å². The van der Waals surface area contributed by atoms with Gasteiger partial charge in [-0.2, -0.15) is 0 Å². The van der Waals surface area contributed by atoms with Crippen molar-refractivity contribution in [3.63, 3.8) is 0 Å². The first-order valence-electron chi connectivity index (χ1n) is 5.84. The van der Waals surface area contributed by atoms with Gasteiger partial charge in [0.05, 0.1) is 12.7 Å². The predicted octanol–water partition coefficient (Wildman–Crippen LogP) is 0.684. The zero-order valence-corrected chi connectivity index (χ0v) is 10.6. The Bertz CT molecular complexity index is 687. The van der Waals surface area contributed by atoms with E-state index in [0.717, 1.165) is 18.2 Å². The molecule has 7 nitrogen and oxygen atoms in total. The normalized spacial score (nSPS) is 10.4. The molecule has 0 spiro atoms. The summed E-state index contributed by atoms with van der Waals surface area (Å²) in [7, 11) is 0. The first kappa shape index (κ1) is 14.6. The number of carbonyl (C=O) groups excluding carboxylic acids is 1. The Morgan fingerprint density at radius 1 is 1.29 bits per heavy atom. The Hall–Kier alpha value is -2.84. The van der Waals surface area contributed by atoms with Crippen LogP contribution in [0.2, 0.25) is 0 Å². The molecule has 1 heterocycles. The molecule has 0 bridgehead atoms. The second-order valence-corrected chi connectivity index (χ2v) is 4.06. The molecular formula is C12H10F2N4O3. The lowest BCUT2D eigenvalue weighted by Crippen LogP contribution is -2.27. The minimum absolute atomic E-state index is 0.0151. The number of carbonyl (C=O) groups is 2. The average Bonchev–Trinajstić information content (AvgIpc) is 2.91. The van der Waals surface area contributed by atoms with E-state index >= 15 is 0 Å². The smallest absolute Gasteiger partial charge is 0.358 e. The van der Waals surface area contributed by atoms with E-state index in [4.69, 9.17) is 5.11 Å². The summed E-state index contributed by atoms with van der Waals surface area (Å²) >= 11 is 0. The monoisotopic (exact) mass is 296 g/mol. The van der Waals surface area contributed by atoms with Crippen LogP contribution in [-0.4, -0.2) is 38.5 Å². The van der Waals surface area contributed by atoms with Crippen LogP contribution >= 0.6 is 0 Å². The second-order valence-electron chi connectivity index (χ2n) is 4.06. The Balaban J connectivity index is 1.88. The van der Waals surface area contributed by atoms with Gasteiger partial charge in [-0.15, -0.1) is 5.10 Å². The van der Waals surface area contributed by atoms with Gasteiger partial charge in [-0.05, 0) is 18.2 Å². The van der Waals surface area contributed by atoms with E-state index in [1.54, 1.807) is 0 Å². The molecule has 0 saturated heterocycles. The third-order valence-corrected chi connectivity index (χ3v) is 2.57. The number of benzene rings is 1. The van der Waals surface area contributed by atoms with Crippen molar-refractivity contribution < 1.29 is 23.5 Å². The molecular weight excluding hydrogens is 286 g/mol. The van der Waals surface area contributed by atoms with Crippen LogP contribution in [0.1, 0.15) is 20.8 Å². The van der Waals surface area contributed by atoms with Crippen LogP contribution in [0.4, 0.5) is 8.78 Å². The molecule has 0 aliphatic carbocycles. The highest BCUT2D eigenvalue weighted by atomic mass is 19.2. The van der Waals surface area contributed by atoms with E-state index in [1.165, 1.54) is 10.9 Å². The van der Waals surface area contributed by atoms with Gasteiger partial charge in [-0.3, -0.25) is 4.79 Å². The molecule has 1 amide bonds. The summed E-state index contributed by atoms with van der Waals surface area (Å²) in [6, 6.07) is 2.81. The van der Waals surface area contributed by atoms with Crippen LogP contribution < -0.4 is 5.32 Å². The molecule has 110 valence electrons. The fourth-order valence-electron chi connectivity index (χ4n) is 1.53. The average molecular weight is 296 g/mol. The highest BCUT2D eigenvalue weighted by molar-refractivity contribution is 5.94. The topological polar surface area (TPSA) is 97.1 Å². The van der Waals surface area contributed by atoms with E-state index in [-0.39, 0.29) is 24.3 Å². The lowest BCUT2D eigenvalue weighted by atomic mass is 10.2. The van der Waals surface area contributed by atoms with Gasteiger partial charge in [0.15, 0.2) is 17.3 Å². The van der Waals surface area contributed by atoms with Crippen LogP contribution in [0.3, 0.4) is 0 Å². The fourth-order valence-corrected chi connectivity index (χ4v) is 1.53. The minimum atomic E-state index is -1.20. The van der Waals surface area contributed by atoms with Gasteiger partial charge < -0.3 is 10.4 Å². The van der Waals surface area contributed by atoms with Crippen molar-refractivity contribution in [3.8, 4) is 0 Å². The summed E-state index contributed by atoms with van der Waals surface area (Å²) in [5.41, 5.74) is -0.222. The van der Waals surface area contributed by atoms with Crippen molar-refractivity contribution in [2.75, 3.05) is 6.54 Å². The first-order valence-corrected chi connectivity index (χ1v) is 5.84. The summed E-state index contributed by atoms with van der Waals surface area (Å²) in [5.74, 6) is -3.92. The summed E-state index contributed by atoms with van der Waals surface area (Å²) in [5, 5.41) is 18.1. The number of aromatic nitrogens is 3. The van der Waals surface area contributed by atoms with Crippen molar-refractivity contribution in [2.24, 2.45) is 0 Å². The Morgan fingerprint density at radius 3 is 2.67 bits per heavy atom. The first-order chi connectivity index (χ1) is 9.97. The maximum atomic E-state index is 13.0. The maximum absolute atomic E-state index is 13.0. The van der Waals surface area contributed by atoms with Gasteiger partial charge >= 0.3 is 5.97 Å². The molecule has 0 radical (unpaired) electrons. The standard InChI is InChI=1S/C12H10F2N4O3/c13-8-2-1-7(5-9(8)14)11(19)15-3-4-18-6-10(12(20)21)16-17-18/h1-2,5-6H,3-4H2,(H,15,19)(H,20,21). The third kappa shape index (κ3) is 3.59. The van der Waals surface area contributed by atoms with E-state index in [1.807, 2.05) is 0 Å². The molecule has 0 aliphatic heterocycles. The van der Waals surface area contributed by atoms with Crippen LogP contribution in [0.5, 0.6) is 0 Å². The van der Waals surface area contributed by atoms with Crippen LogP contribution in [0, 0.1) is 11.6 Å². The number of nitrogens with zero attached hydrogens (tertiary/aromatic N) is 3. The highest BCUT2D eigenvalue weighted by Crippen LogP contribution is 2.08. The Labute approximate surface area is 117 Å². The lowest BCUT2D eigenvalue weighted by Gasteiger charge is -2.05. The zero-order chi connectivity index (χ0) is 15.4. The van der Waals surface area contributed by atoms with Gasteiger partial charge in [0.1, 0.15) is 0 Å². The van der Waals surface area contributed by atoms with Crippen molar-refractivity contribution in [1.82, 2.24) is 20.3 Å². The molecule has 2 aromatic rings. The lowest BCUT2D eigenvalue weighted by molar-refractivity contribution is 0.0690. The van der Waals surface area contributed by atoms with Crippen LogP contribution in [0.25, 0.3) is 0 Å². The van der Waals surface area contributed by atoms with Gasteiger partial charge in [0.2, 0.25) is 0 Å². The SMILES string of the molecule is O=C(NCCn1cc(C(=O)O)nn1)c1ccc(F)c(F)c1. The van der Waals surface area contributed by atoms with Crippen LogP contribution in [-0.2, 0) is 6.54 Å². The number of halogens is 2. The summed E-state index contributed by atoms with van der Waals surface area (Å²) in [4.78, 5) is 22.3. The van der Waals surface area contributed by atoms with Gasteiger partial charge in [0.25, 0.3) is 5.91 Å². The summed E-state index contributed by atoms with van der Waals surface area (Å²) < 4.78 is 26.9. The molecule has 0 fully saturated rings. The molecule has 0 saturated carbocycles. The fraction of sp³-hybridized carbons (Fsp3) is 0.167. The van der Waals surface area contributed by atoms with E-state index in [9.17, 15) is 18.4 Å².